The van der Waals surface area contributed by atoms with E-state index in [0.29, 0.717) is 5.75 Å². The van der Waals surface area contributed by atoms with Crippen LogP contribution in [0.4, 0.5) is 0 Å². The molecule has 0 spiro atoms. The number of benzene rings is 3. The number of phenolic OH excluding ortho intramolecular Hbond substituents is 1. The Balaban J connectivity index is 1.79. The lowest BCUT2D eigenvalue weighted by Crippen LogP contribution is -1.91. The molecule has 0 saturated carbocycles. The molecule has 3 aromatic rings. The molecule has 0 aliphatic rings. The van der Waals surface area contributed by atoms with Gasteiger partial charge in [0, 0.05) is 0 Å². The van der Waals surface area contributed by atoms with Crippen molar-refractivity contribution in [2.75, 3.05) is 0 Å². The lowest BCUT2D eigenvalue weighted by atomic mass is 9.97. The number of aryl methyl sites for hydroxylation is 2. The second-order valence-corrected chi connectivity index (χ2v) is 6.76. The molecule has 0 radical (unpaired) electrons. The number of phenols is 1. The largest absolute Gasteiger partial charge is 0.507 e. The Morgan fingerprint density at radius 1 is 0.708 bits per heavy atom. The summed E-state index contributed by atoms with van der Waals surface area (Å²) >= 11 is 0. The Morgan fingerprint density at radius 3 is 1.62 bits per heavy atom. The van der Waals surface area contributed by atoms with Crippen LogP contribution < -0.4 is 0 Å². The summed E-state index contributed by atoms with van der Waals surface area (Å²) in [5.41, 5.74) is 8.22. The smallest absolute Gasteiger partial charge is 0.121 e. The minimum atomic E-state index is 0.406. The first-order valence-electron chi connectivity index (χ1n) is 8.24. The highest BCUT2D eigenvalue weighted by Crippen LogP contribution is 2.25. The van der Waals surface area contributed by atoms with E-state index >= 15 is 0 Å². The van der Waals surface area contributed by atoms with Gasteiger partial charge in [0.15, 0.2) is 0 Å². The molecule has 1 atom stereocenters. The van der Waals surface area contributed by atoms with E-state index in [4.69, 9.17) is 0 Å². The molecule has 0 aliphatic carbocycles. The summed E-state index contributed by atoms with van der Waals surface area (Å²) in [5, 5.41) is 9.90. The molecular formula is C22H23OP. The van der Waals surface area contributed by atoms with Gasteiger partial charge in [-0.25, -0.2) is 0 Å². The Bertz CT molecular complexity index is 810. The van der Waals surface area contributed by atoms with Crippen molar-refractivity contribution in [3.63, 3.8) is 0 Å². The highest BCUT2D eigenvalue weighted by molar-refractivity contribution is 7.15. The van der Waals surface area contributed by atoms with Crippen LogP contribution in [0.15, 0.2) is 60.7 Å². The van der Waals surface area contributed by atoms with Gasteiger partial charge in [-0.3, -0.25) is 0 Å². The van der Waals surface area contributed by atoms with Crippen LogP contribution in [0.5, 0.6) is 5.75 Å². The number of hydrogen-bond donors (Lipinski definition) is 1. The summed E-state index contributed by atoms with van der Waals surface area (Å²) < 4.78 is 0. The van der Waals surface area contributed by atoms with Crippen LogP contribution in [0.25, 0.3) is 11.1 Å². The minimum Gasteiger partial charge on any atom is -0.507 e. The molecule has 0 heterocycles. The normalized spacial score (nSPS) is 10.8. The average molecular weight is 334 g/mol. The van der Waals surface area contributed by atoms with Gasteiger partial charge in [-0.15, -0.1) is 9.24 Å². The van der Waals surface area contributed by atoms with Gasteiger partial charge in [-0.05, 0) is 65.4 Å². The number of aromatic hydroxyl groups is 1. The maximum Gasteiger partial charge on any atom is 0.121 e. The maximum atomic E-state index is 9.90. The van der Waals surface area contributed by atoms with Crippen LogP contribution in [-0.2, 0) is 12.6 Å². The fourth-order valence-electron chi connectivity index (χ4n) is 3.03. The molecule has 0 aromatic heterocycles. The van der Waals surface area contributed by atoms with Crippen molar-refractivity contribution in [1.82, 2.24) is 0 Å². The molecule has 1 N–H and O–H groups in total. The minimum absolute atomic E-state index is 0.406. The third-order valence-corrected chi connectivity index (χ3v) is 4.91. The predicted molar refractivity (Wildman–Crippen MR) is 106 cm³/mol. The zero-order valence-corrected chi connectivity index (χ0v) is 15.4. The molecule has 1 nitrogen and oxygen atoms in total. The standard InChI is InChI=1S/C22H23OP/c1-15-11-19(12-16(2)22(15)23)13-17-3-7-20(8-4-17)21-9-5-18(14-24)6-10-21/h3-12,23H,13-14,24H2,1-2H3. The summed E-state index contributed by atoms with van der Waals surface area (Å²) in [7, 11) is 2.76. The summed E-state index contributed by atoms with van der Waals surface area (Å²) in [4.78, 5) is 0. The van der Waals surface area contributed by atoms with E-state index in [-0.39, 0.29) is 0 Å². The van der Waals surface area contributed by atoms with Crippen LogP contribution in [-0.4, -0.2) is 5.11 Å². The lowest BCUT2D eigenvalue weighted by Gasteiger charge is -2.09. The number of rotatable bonds is 4. The van der Waals surface area contributed by atoms with E-state index < -0.39 is 0 Å². The second-order valence-electron chi connectivity index (χ2n) is 6.35. The topological polar surface area (TPSA) is 20.2 Å². The summed E-state index contributed by atoms with van der Waals surface area (Å²) in [5.74, 6) is 0.406. The van der Waals surface area contributed by atoms with E-state index in [2.05, 4.69) is 69.9 Å². The Labute approximate surface area is 146 Å². The molecule has 24 heavy (non-hydrogen) atoms. The highest BCUT2D eigenvalue weighted by atomic mass is 31.0. The van der Waals surface area contributed by atoms with Crippen molar-refractivity contribution in [1.29, 1.82) is 0 Å². The van der Waals surface area contributed by atoms with Crippen LogP contribution in [0.2, 0.25) is 0 Å². The van der Waals surface area contributed by atoms with Crippen molar-refractivity contribution >= 4 is 9.24 Å². The van der Waals surface area contributed by atoms with Gasteiger partial charge in [0.05, 0.1) is 0 Å². The molecule has 122 valence electrons. The van der Waals surface area contributed by atoms with E-state index in [9.17, 15) is 5.11 Å². The molecule has 0 aliphatic heterocycles. The first-order valence-corrected chi connectivity index (χ1v) is 9.06. The maximum absolute atomic E-state index is 9.90. The highest BCUT2D eigenvalue weighted by Gasteiger charge is 2.05. The number of hydrogen-bond acceptors (Lipinski definition) is 1. The average Bonchev–Trinajstić information content (AvgIpc) is 2.60. The Hall–Kier alpha value is -2.11. The lowest BCUT2D eigenvalue weighted by molar-refractivity contribution is 0.466. The van der Waals surface area contributed by atoms with Gasteiger partial charge in [-0.2, -0.15) is 0 Å². The SMILES string of the molecule is Cc1cc(Cc2ccc(-c3ccc(CP)cc3)cc2)cc(C)c1O. The van der Waals surface area contributed by atoms with Gasteiger partial charge in [-0.1, -0.05) is 60.7 Å². The molecule has 3 rings (SSSR count). The van der Waals surface area contributed by atoms with Crippen molar-refractivity contribution in [2.24, 2.45) is 0 Å². The predicted octanol–water partition coefficient (Wildman–Crippen LogP) is 5.64. The first kappa shape index (κ1) is 16.7. The van der Waals surface area contributed by atoms with E-state index in [0.717, 1.165) is 23.7 Å². The quantitative estimate of drug-likeness (QED) is 0.612. The summed E-state index contributed by atoms with van der Waals surface area (Å²) in [6, 6.07) is 21.6. The van der Waals surface area contributed by atoms with E-state index in [1.165, 1.54) is 27.8 Å². The van der Waals surface area contributed by atoms with Gasteiger partial charge in [0.25, 0.3) is 0 Å². The molecule has 1 unspecified atom stereocenters. The van der Waals surface area contributed by atoms with Gasteiger partial charge in [0.2, 0.25) is 0 Å². The first-order chi connectivity index (χ1) is 11.6. The Morgan fingerprint density at radius 2 is 1.17 bits per heavy atom. The fraction of sp³-hybridized carbons (Fsp3) is 0.182. The van der Waals surface area contributed by atoms with Crippen molar-refractivity contribution in [3.8, 4) is 16.9 Å². The van der Waals surface area contributed by atoms with Gasteiger partial charge < -0.3 is 5.11 Å². The molecule has 3 aromatic carbocycles. The van der Waals surface area contributed by atoms with Crippen LogP contribution in [0.1, 0.15) is 27.8 Å². The van der Waals surface area contributed by atoms with E-state index in [1.807, 2.05) is 13.8 Å². The summed E-state index contributed by atoms with van der Waals surface area (Å²) in [6.07, 6.45) is 1.87. The van der Waals surface area contributed by atoms with Crippen LogP contribution in [0, 0.1) is 13.8 Å². The molecule has 2 heteroatoms. The monoisotopic (exact) mass is 334 g/mol. The fourth-order valence-corrected chi connectivity index (χ4v) is 3.30. The van der Waals surface area contributed by atoms with Crippen molar-refractivity contribution < 1.29 is 5.11 Å². The van der Waals surface area contributed by atoms with Crippen molar-refractivity contribution in [3.05, 3.63) is 88.5 Å². The second kappa shape index (κ2) is 7.20. The van der Waals surface area contributed by atoms with Gasteiger partial charge >= 0.3 is 0 Å². The van der Waals surface area contributed by atoms with Crippen molar-refractivity contribution in [2.45, 2.75) is 26.4 Å². The van der Waals surface area contributed by atoms with Crippen LogP contribution >= 0.6 is 9.24 Å². The molecule has 0 saturated heterocycles. The van der Waals surface area contributed by atoms with E-state index in [1.54, 1.807) is 0 Å². The molecule has 0 fully saturated rings. The zero-order valence-electron chi connectivity index (χ0n) is 14.2. The van der Waals surface area contributed by atoms with Gasteiger partial charge in [0.1, 0.15) is 5.75 Å². The summed E-state index contributed by atoms with van der Waals surface area (Å²) in [6.45, 7) is 3.90. The third kappa shape index (κ3) is 3.68. The van der Waals surface area contributed by atoms with Crippen LogP contribution in [0.3, 0.4) is 0 Å². The molecule has 0 amide bonds. The molecular weight excluding hydrogens is 311 g/mol. The third-order valence-electron chi connectivity index (χ3n) is 4.44. The molecule has 0 bridgehead atoms. The Kier molecular flexibility index (Phi) is 5.02. The zero-order chi connectivity index (χ0) is 17.1.